The number of nitrogens with zero attached hydrogens (tertiary/aromatic N) is 5. The zero-order chi connectivity index (χ0) is 13.2. The minimum absolute atomic E-state index is 0.455. The monoisotopic (exact) mass is 260 g/mol. The van der Waals surface area contributed by atoms with Gasteiger partial charge in [-0.2, -0.15) is 0 Å². The summed E-state index contributed by atoms with van der Waals surface area (Å²) in [6.45, 7) is 5.45. The van der Waals surface area contributed by atoms with Gasteiger partial charge in [-0.15, -0.1) is 0 Å². The maximum Gasteiger partial charge on any atom is 0.165 e. The summed E-state index contributed by atoms with van der Waals surface area (Å²) in [5, 5.41) is 0. The van der Waals surface area contributed by atoms with Gasteiger partial charge in [0.2, 0.25) is 0 Å². The molecular formula is C13H20N6. The summed E-state index contributed by atoms with van der Waals surface area (Å²) in [5.74, 6) is 0.455. The van der Waals surface area contributed by atoms with E-state index in [0.29, 0.717) is 11.3 Å². The Bertz CT molecular complexity index is 559. The van der Waals surface area contributed by atoms with Crippen molar-refractivity contribution in [1.82, 2.24) is 24.4 Å². The second kappa shape index (κ2) is 5.13. The molecule has 102 valence electrons. The normalized spacial score (nSPS) is 15.5. The highest BCUT2D eigenvalue weighted by Gasteiger charge is 2.27. The van der Waals surface area contributed by atoms with Gasteiger partial charge < -0.3 is 15.2 Å². The van der Waals surface area contributed by atoms with E-state index in [2.05, 4.69) is 31.3 Å². The molecule has 2 heterocycles. The first-order valence-electron chi connectivity index (χ1n) is 6.95. The first-order valence-corrected chi connectivity index (χ1v) is 6.95. The average molecular weight is 260 g/mol. The van der Waals surface area contributed by atoms with Crippen LogP contribution in [0.3, 0.4) is 0 Å². The number of hydrogen-bond acceptors (Lipinski definition) is 5. The number of aryl methyl sites for hydroxylation is 1. The molecule has 2 aromatic rings. The van der Waals surface area contributed by atoms with Crippen LogP contribution in [-0.2, 0) is 6.54 Å². The first kappa shape index (κ1) is 12.3. The summed E-state index contributed by atoms with van der Waals surface area (Å²) >= 11 is 0. The third-order valence-electron chi connectivity index (χ3n) is 3.74. The first-order chi connectivity index (χ1) is 9.29. The number of rotatable bonds is 6. The fraction of sp³-hybridized carbons (Fsp3) is 0.615. The Balaban J connectivity index is 1.63. The standard InChI is InChI=1S/C13H20N6/c1-2-18(10-4-5-10)6-3-7-19-9-17-11-12(14)15-8-16-13(11)19/h8-10H,2-7H2,1H3,(H2,14,15,16). The van der Waals surface area contributed by atoms with Crippen molar-refractivity contribution < 1.29 is 0 Å². The maximum atomic E-state index is 5.78. The van der Waals surface area contributed by atoms with E-state index in [1.165, 1.54) is 19.2 Å². The number of aromatic nitrogens is 4. The summed E-state index contributed by atoms with van der Waals surface area (Å²) in [6.07, 6.45) is 7.15. The third-order valence-corrected chi connectivity index (χ3v) is 3.74. The van der Waals surface area contributed by atoms with Crippen LogP contribution < -0.4 is 5.73 Å². The van der Waals surface area contributed by atoms with E-state index in [4.69, 9.17) is 5.73 Å². The quantitative estimate of drug-likeness (QED) is 0.847. The third kappa shape index (κ3) is 2.53. The zero-order valence-electron chi connectivity index (χ0n) is 11.3. The van der Waals surface area contributed by atoms with Gasteiger partial charge in [-0.05, 0) is 25.8 Å². The van der Waals surface area contributed by atoms with Gasteiger partial charge in [0.25, 0.3) is 0 Å². The lowest BCUT2D eigenvalue weighted by atomic mass is 10.3. The van der Waals surface area contributed by atoms with Gasteiger partial charge in [-0.3, -0.25) is 0 Å². The molecule has 2 aromatic heterocycles. The highest BCUT2D eigenvalue weighted by atomic mass is 15.2. The Morgan fingerprint density at radius 1 is 1.37 bits per heavy atom. The number of fused-ring (bicyclic) bond motifs is 1. The molecule has 2 N–H and O–H groups in total. The smallest absolute Gasteiger partial charge is 0.165 e. The van der Waals surface area contributed by atoms with Crippen molar-refractivity contribution in [1.29, 1.82) is 0 Å². The van der Waals surface area contributed by atoms with Gasteiger partial charge in [-0.25, -0.2) is 15.0 Å². The molecular weight excluding hydrogens is 240 g/mol. The average Bonchev–Trinajstić information content (AvgIpc) is 3.17. The van der Waals surface area contributed by atoms with Gasteiger partial charge in [0, 0.05) is 19.1 Å². The molecule has 1 fully saturated rings. The second-order valence-corrected chi connectivity index (χ2v) is 5.08. The minimum Gasteiger partial charge on any atom is -0.382 e. The number of nitrogens with two attached hydrogens (primary N) is 1. The van der Waals surface area contributed by atoms with Crippen LogP contribution in [0.25, 0.3) is 11.2 Å². The van der Waals surface area contributed by atoms with Gasteiger partial charge in [0.05, 0.1) is 6.33 Å². The molecule has 1 aliphatic rings. The Morgan fingerprint density at radius 2 is 2.21 bits per heavy atom. The van der Waals surface area contributed by atoms with E-state index >= 15 is 0 Å². The van der Waals surface area contributed by atoms with Crippen LogP contribution in [0.1, 0.15) is 26.2 Å². The second-order valence-electron chi connectivity index (χ2n) is 5.08. The highest BCUT2D eigenvalue weighted by molar-refractivity contribution is 5.80. The van der Waals surface area contributed by atoms with Gasteiger partial charge in [0.15, 0.2) is 11.5 Å². The Hall–Kier alpha value is -1.69. The number of hydrogen-bond donors (Lipinski definition) is 1. The fourth-order valence-corrected chi connectivity index (χ4v) is 2.55. The van der Waals surface area contributed by atoms with Crippen molar-refractivity contribution in [3.05, 3.63) is 12.7 Å². The molecule has 3 rings (SSSR count). The van der Waals surface area contributed by atoms with Crippen LogP contribution in [0.15, 0.2) is 12.7 Å². The number of imidazole rings is 1. The summed E-state index contributed by atoms with van der Waals surface area (Å²) in [5.41, 5.74) is 7.32. The van der Waals surface area contributed by atoms with Crippen molar-refractivity contribution in [3.63, 3.8) is 0 Å². The SMILES string of the molecule is CCN(CCCn1cnc2c(N)ncnc21)C1CC1. The predicted molar refractivity (Wildman–Crippen MR) is 74.6 cm³/mol. The van der Waals surface area contributed by atoms with Gasteiger partial charge >= 0.3 is 0 Å². The van der Waals surface area contributed by atoms with Crippen LogP contribution in [0.5, 0.6) is 0 Å². The molecule has 6 nitrogen and oxygen atoms in total. The van der Waals surface area contributed by atoms with E-state index in [9.17, 15) is 0 Å². The van der Waals surface area contributed by atoms with Crippen molar-refractivity contribution in [2.24, 2.45) is 0 Å². The molecule has 0 unspecified atom stereocenters. The van der Waals surface area contributed by atoms with Crippen molar-refractivity contribution in [2.75, 3.05) is 18.8 Å². The van der Waals surface area contributed by atoms with Crippen LogP contribution in [0.4, 0.5) is 5.82 Å². The van der Waals surface area contributed by atoms with Gasteiger partial charge in [0.1, 0.15) is 11.8 Å². The topological polar surface area (TPSA) is 72.9 Å². The Morgan fingerprint density at radius 3 is 2.95 bits per heavy atom. The molecule has 0 saturated heterocycles. The van der Waals surface area contributed by atoms with Crippen LogP contribution in [-0.4, -0.2) is 43.6 Å². The van der Waals surface area contributed by atoms with E-state index < -0.39 is 0 Å². The molecule has 0 spiro atoms. The lowest BCUT2D eigenvalue weighted by Gasteiger charge is -2.19. The molecule has 19 heavy (non-hydrogen) atoms. The Labute approximate surface area is 112 Å². The predicted octanol–water partition coefficient (Wildman–Crippen LogP) is 1.28. The van der Waals surface area contributed by atoms with E-state index in [1.54, 1.807) is 0 Å². The summed E-state index contributed by atoms with van der Waals surface area (Å²) in [4.78, 5) is 15.1. The molecule has 0 amide bonds. The van der Waals surface area contributed by atoms with Crippen molar-refractivity contribution >= 4 is 17.0 Å². The van der Waals surface area contributed by atoms with Crippen molar-refractivity contribution in [2.45, 2.75) is 38.8 Å². The molecule has 1 aliphatic carbocycles. The molecule has 0 aliphatic heterocycles. The minimum atomic E-state index is 0.455. The molecule has 0 radical (unpaired) electrons. The van der Waals surface area contributed by atoms with E-state index in [1.807, 2.05) is 6.33 Å². The largest absolute Gasteiger partial charge is 0.382 e. The number of nitrogen functional groups attached to an aromatic ring is 1. The van der Waals surface area contributed by atoms with E-state index in [-0.39, 0.29) is 0 Å². The molecule has 0 aromatic carbocycles. The van der Waals surface area contributed by atoms with Crippen molar-refractivity contribution in [3.8, 4) is 0 Å². The van der Waals surface area contributed by atoms with Gasteiger partial charge in [-0.1, -0.05) is 6.92 Å². The summed E-state index contributed by atoms with van der Waals surface area (Å²) in [6, 6.07) is 0.836. The lowest BCUT2D eigenvalue weighted by molar-refractivity contribution is 0.269. The van der Waals surface area contributed by atoms with Crippen LogP contribution in [0, 0.1) is 0 Å². The van der Waals surface area contributed by atoms with Crippen LogP contribution in [0.2, 0.25) is 0 Å². The maximum absolute atomic E-state index is 5.78. The summed E-state index contributed by atoms with van der Waals surface area (Å²) in [7, 11) is 0. The Kier molecular flexibility index (Phi) is 3.33. The highest BCUT2D eigenvalue weighted by Crippen LogP contribution is 2.26. The van der Waals surface area contributed by atoms with Crippen LogP contribution >= 0.6 is 0 Å². The lowest BCUT2D eigenvalue weighted by Crippen LogP contribution is -2.27. The molecule has 0 bridgehead atoms. The molecule has 0 atom stereocenters. The summed E-state index contributed by atoms with van der Waals surface area (Å²) < 4.78 is 2.06. The molecule has 6 heteroatoms. The number of anilines is 1. The molecule has 1 saturated carbocycles. The fourth-order valence-electron chi connectivity index (χ4n) is 2.55. The zero-order valence-corrected chi connectivity index (χ0v) is 11.3. The van der Waals surface area contributed by atoms with E-state index in [0.717, 1.165) is 37.7 Å².